The Hall–Kier alpha value is -5.92. The minimum atomic E-state index is -0.601. The number of carbonyl (C=O) groups is 5. The highest BCUT2D eigenvalue weighted by molar-refractivity contribution is 8.00. The molecule has 0 radical (unpaired) electrons. The maximum Gasteiger partial charge on any atom is 0.339 e. The lowest BCUT2D eigenvalue weighted by Crippen LogP contribution is -2.33. The second-order valence-corrected chi connectivity index (χ2v) is 15.1. The van der Waals surface area contributed by atoms with E-state index < -0.39 is 6.03 Å². The number of alkyl halides is 1. The van der Waals surface area contributed by atoms with Crippen LogP contribution in [0.3, 0.4) is 0 Å². The summed E-state index contributed by atoms with van der Waals surface area (Å²) in [5.74, 6) is -0.503. The van der Waals surface area contributed by atoms with Gasteiger partial charge in [-0.2, -0.15) is 16.9 Å². The summed E-state index contributed by atoms with van der Waals surface area (Å²) in [5.41, 5.74) is 10.0. The van der Waals surface area contributed by atoms with E-state index in [9.17, 15) is 24.0 Å². The highest BCUT2D eigenvalue weighted by Gasteiger charge is 2.37. The van der Waals surface area contributed by atoms with Gasteiger partial charge in [-0.3, -0.25) is 24.1 Å². The molecule has 0 bridgehead atoms. The summed E-state index contributed by atoms with van der Waals surface area (Å²) in [6.07, 6.45) is 5.45. The van der Waals surface area contributed by atoms with E-state index in [0.717, 1.165) is 54.5 Å². The molecule has 4 N–H and O–H groups in total. The lowest BCUT2D eigenvalue weighted by Gasteiger charge is -2.18. The second-order valence-electron chi connectivity index (χ2n) is 13.8. The van der Waals surface area contributed by atoms with Crippen molar-refractivity contribution in [2.24, 2.45) is 5.10 Å². The maximum absolute atomic E-state index is 14.0. The number of anilines is 3. The molecule has 3 aliphatic rings. The van der Waals surface area contributed by atoms with Crippen LogP contribution in [0.1, 0.15) is 45.1 Å². The average Bonchev–Trinajstić information content (AvgIpc) is 3.96. The molecule has 14 heteroatoms. The zero-order chi connectivity index (χ0) is 38.4. The molecule has 1 saturated heterocycles. The number of aryl methyl sites for hydroxylation is 1. The zero-order valence-corrected chi connectivity index (χ0v) is 31.5. The number of halogens is 1. The number of aromatic nitrogens is 1. The number of fused-ring (bicyclic) bond motifs is 5. The first-order valence-electron chi connectivity index (χ1n) is 17.7. The number of rotatable bonds is 9. The highest BCUT2D eigenvalue weighted by atomic mass is 35.5. The smallest absolute Gasteiger partial charge is 0.339 e. The van der Waals surface area contributed by atoms with Gasteiger partial charge >= 0.3 is 6.03 Å². The molecule has 0 saturated carbocycles. The SMILES string of the molecule is CSC1CC(=O)N(C/C=N/NC(=O)Nc2ccc3c(c2)C=C(C(=O)Nc2ccc4[nH]c(C(=O)N5CC(CCl)c6c5cc(C)c5ccccc65)cc4c2)C3)C1=O. The average molecular weight is 774 g/mol. The molecule has 55 heavy (non-hydrogen) atoms. The molecule has 5 aromatic rings. The van der Waals surface area contributed by atoms with Crippen molar-refractivity contribution in [3.63, 3.8) is 0 Å². The number of amides is 6. The fourth-order valence-corrected chi connectivity index (χ4v) is 8.49. The van der Waals surface area contributed by atoms with E-state index in [1.165, 1.54) is 18.0 Å². The molecule has 1 fully saturated rings. The Bertz CT molecular complexity index is 2510. The third-order valence-electron chi connectivity index (χ3n) is 10.3. The van der Waals surface area contributed by atoms with Gasteiger partial charge in [0, 0.05) is 70.9 Å². The number of hydrogen-bond donors (Lipinski definition) is 4. The fraction of sp³-hybridized carbons (Fsp3) is 0.220. The molecule has 3 heterocycles. The summed E-state index contributed by atoms with van der Waals surface area (Å²) in [5, 5.41) is 12.2. The Labute approximate surface area is 325 Å². The monoisotopic (exact) mass is 773 g/mol. The number of aromatic amines is 1. The first-order chi connectivity index (χ1) is 26.6. The topological polar surface area (TPSA) is 156 Å². The molecule has 2 atom stereocenters. The van der Waals surface area contributed by atoms with Gasteiger partial charge < -0.3 is 20.5 Å². The van der Waals surface area contributed by atoms with E-state index in [4.69, 9.17) is 11.6 Å². The van der Waals surface area contributed by atoms with Gasteiger partial charge in [0.2, 0.25) is 11.8 Å². The van der Waals surface area contributed by atoms with Gasteiger partial charge in [0.1, 0.15) is 5.69 Å². The number of benzene rings is 4. The summed E-state index contributed by atoms with van der Waals surface area (Å²) in [6.45, 7) is 2.53. The van der Waals surface area contributed by atoms with Crippen LogP contribution in [0.15, 0.2) is 83.5 Å². The fourth-order valence-electron chi connectivity index (χ4n) is 7.60. The van der Waals surface area contributed by atoms with E-state index in [0.29, 0.717) is 41.5 Å². The Balaban J connectivity index is 0.901. The first kappa shape index (κ1) is 36.1. The standard InChI is InChI=1S/C41H36ClN7O5S/c1-22-13-34-37(31-6-4-3-5-30(22)31)27(20-42)21-49(34)39(52)33-18-25-17-28(9-10-32(25)46-33)44-38(51)26-14-23-7-8-29(16-24(23)15-26)45-41(54)47-43-11-12-48-36(50)19-35(55-2)40(48)53/h3-11,13,15-18,27,35,46H,12,14,19-21H2,1-2H3,(H,44,51)(H2,45,47,54)/b43-11+. The molecule has 278 valence electrons. The lowest BCUT2D eigenvalue weighted by atomic mass is 9.93. The van der Waals surface area contributed by atoms with Crippen LogP contribution in [0.2, 0.25) is 0 Å². The van der Waals surface area contributed by atoms with Crippen LogP contribution < -0.4 is 21.0 Å². The minimum absolute atomic E-state index is 0.0167. The molecule has 2 unspecified atom stereocenters. The zero-order valence-electron chi connectivity index (χ0n) is 29.9. The van der Waals surface area contributed by atoms with Crippen LogP contribution in [-0.4, -0.2) is 76.2 Å². The Morgan fingerprint density at radius 3 is 2.56 bits per heavy atom. The summed E-state index contributed by atoms with van der Waals surface area (Å²) in [7, 11) is 0. The van der Waals surface area contributed by atoms with E-state index in [-0.39, 0.29) is 47.8 Å². The number of hydrogen-bond acceptors (Lipinski definition) is 7. The molecule has 1 aliphatic carbocycles. The molecule has 0 spiro atoms. The van der Waals surface area contributed by atoms with E-state index >= 15 is 0 Å². The van der Waals surface area contributed by atoms with E-state index in [1.807, 2.05) is 41.3 Å². The van der Waals surface area contributed by atoms with Gasteiger partial charge in [-0.1, -0.05) is 30.3 Å². The first-order valence-corrected chi connectivity index (χ1v) is 19.6. The molecule has 12 nitrogen and oxygen atoms in total. The number of carbonyl (C=O) groups excluding carboxylic acids is 5. The van der Waals surface area contributed by atoms with Crippen molar-refractivity contribution < 1.29 is 24.0 Å². The molecule has 2 aliphatic heterocycles. The van der Waals surface area contributed by atoms with Gasteiger partial charge in [-0.05, 0) is 94.7 Å². The van der Waals surface area contributed by atoms with Crippen molar-refractivity contribution in [2.75, 3.05) is 40.8 Å². The largest absolute Gasteiger partial charge is 0.351 e. The van der Waals surface area contributed by atoms with Crippen LogP contribution in [-0.2, 0) is 20.8 Å². The van der Waals surface area contributed by atoms with Crippen molar-refractivity contribution in [3.8, 4) is 0 Å². The number of urea groups is 1. The van der Waals surface area contributed by atoms with Crippen LogP contribution in [0.25, 0.3) is 27.8 Å². The van der Waals surface area contributed by atoms with Crippen LogP contribution in [0, 0.1) is 6.92 Å². The Kier molecular flexibility index (Phi) is 9.66. The van der Waals surface area contributed by atoms with Gasteiger partial charge in [0.05, 0.1) is 11.8 Å². The minimum Gasteiger partial charge on any atom is -0.351 e. The van der Waals surface area contributed by atoms with Crippen molar-refractivity contribution >= 4 is 104 Å². The maximum atomic E-state index is 14.0. The van der Waals surface area contributed by atoms with Gasteiger partial charge in [0.25, 0.3) is 11.8 Å². The molecular weight excluding hydrogens is 738 g/mol. The van der Waals surface area contributed by atoms with Crippen molar-refractivity contribution in [1.29, 1.82) is 0 Å². The number of hydrazone groups is 1. The number of thioether (sulfide) groups is 1. The van der Waals surface area contributed by atoms with Gasteiger partial charge in [-0.15, -0.1) is 11.6 Å². The second kappa shape index (κ2) is 14.7. The highest BCUT2D eigenvalue weighted by Crippen LogP contribution is 2.44. The normalized spacial score (nSPS) is 17.6. The van der Waals surface area contributed by atoms with E-state index in [1.54, 1.807) is 30.5 Å². The van der Waals surface area contributed by atoms with Crippen LogP contribution in [0.4, 0.5) is 21.9 Å². The third-order valence-corrected chi connectivity index (χ3v) is 11.6. The van der Waals surface area contributed by atoms with Gasteiger partial charge in [0.15, 0.2) is 0 Å². The van der Waals surface area contributed by atoms with E-state index in [2.05, 4.69) is 51.3 Å². The predicted molar refractivity (Wildman–Crippen MR) is 218 cm³/mol. The summed E-state index contributed by atoms with van der Waals surface area (Å²) in [6, 6.07) is 22.3. The Morgan fingerprint density at radius 2 is 1.78 bits per heavy atom. The number of likely N-dealkylation sites (tertiary alicyclic amines) is 1. The van der Waals surface area contributed by atoms with Crippen molar-refractivity contribution in [3.05, 3.63) is 106 Å². The number of nitrogens with zero attached hydrogens (tertiary/aromatic N) is 3. The van der Waals surface area contributed by atoms with Crippen molar-refractivity contribution in [1.82, 2.24) is 15.3 Å². The Morgan fingerprint density at radius 1 is 1.00 bits per heavy atom. The van der Waals surface area contributed by atoms with Crippen LogP contribution >= 0.6 is 23.4 Å². The lowest BCUT2D eigenvalue weighted by molar-refractivity contribution is -0.137. The number of nitrogens with one attached hydrogen (secondary N) is 4. The molecular formula is C41H36ClN7O5S. The molecule has 1 aromatic heterocycles. The summed E-state index contributed by atoms with van der Waals surface area (Å²) >= 11 is 7.77. The number of imide groups is 1. The number of H-pyrrole nitrogens is 1. The summed E-state index contributed by atoms with van der Waals surface area (Å²) in [4.78, 5) is 70.3. The molecule has 6 amide bonds. The molecule has 4 aromatic carbocycles. The van der Waals surface area contributed by atoms with Crippen LogP contribution in [0.5, 0.6) is 0 Å². The third kappa shape index (κ3) is 6.85. The van der Waals surface area contributed by atoms with Crippen molar-refractivity contribution in [2.45, 2.75) is 30.9 Å². The quantitative estimate of drug-likeness (QED) is 0.0560. The predicted octanol–water partition coefficient (Wildman–Crippen LogP) is 6.79. The summed E-state index contributed by atoms with van der Waals surface area (Å²) < 4.78 is 0. The molecule has 8 rings (SSSR count). The van der Waals surface area contributed by atoms with Gasteiger partial charge in [-0.25, -0.2) is 10.2 Å².